The molecule has 0 amide bonds. The number of rotatable bonds is 16. The first-order chi connectivity index (χ1) is 28.3. The monoisotopic (exact) mass is 1010 g/mol. The summed E-state index contributed by atoms with van der Waals surface area (Å²) in [6.45, 7) is -0.903. The van der Waals surface area contributed by atoms with Crippen molar-refractivity contribution in [3.05, 3.63) is 106 Å². The van der Waals surface area contributed by atoms with E-state index in [1.165, 1.54) is 36.4 Å². The zero-order valence-corrected chi connectivity index (χ0v) is 35.3. The van der Waals surface area contributed by atoms with Gasteiger partial charge in [-0.1, -0.05) is 48.2 Å². The average Bonchev–Trinajstić information content (AvgIpc) is 3.14. The zero-order valence-electron chi connectivity index (χ0n) is 30.2. The van der Waals surface area contributed by atoms with Crippen molar-refractivity contribution in [2.75, 3.05) is 23.0 Å². The summed E-state index contributed by atoms with van der Waals surface area (Å²) in [7, 11) is -23.6. The van der Waals surface area contributed by atoms with Crippen LogP contribution in [-0.2, 0) is 61.7 Å². The molecule has 26 nitrogen and oxygen atoms in total. The van der Waals surface area contributed by atoms with E-state index >= 15 is 0 Å². The summed E-state index contributed by atoms with van der Waals surface area (Å²) in [5.41, 5.74) is 0.742. The Hall–Kier alpha value is -5.45. The van der Waals surface area contributed by atoms with E-state index in [2.05, 4.69) is 50.5 Å². The Morgan fingerprint density at radius 1 is 0.758 bits per heavy atom. The molecule has 0 saturated heterocycles. The number of aromatic nitrogens is 3. The van der Waals surface area contributed by atoms with Gasteiger partial charge in [-0.05, 0) is 42.5 Å². The number of amidine groups is 1. The van der Waals surface area contributed by atoms with E-state index in [1.54, 1.807) is 6.07 Å². The van der Waals surface area contributed by atoms with Crippen LogP contribution < -0.4 is 16.3 Å². The molecule has 336 valence electrons. The second-order valence-corrected chi connectivity index (χ2v) is 19.2. The Morgan fingerprint density at radius 3 is 2.08 bits per heavy atom. The molecular weight excluding hydrogens is 982 g/mol. The quantitative estimate of drug-likeness (QED) is 0.0126. The third-order valence-corrected chi connectivity index (χ3v) is 12.1. The predicted octanol–water partition coefficient (Wildman–Crippen LogP) is 4.18. The third kappa shape index (κ3) is 13.5. The van der Waals surface area contributed by atoms with Gasteiger partial charge in [0.2, 0.25) is 11.9 Å². The van der Waals surface area contributed by atoms with Crippen molar-refractivity contribution in [1.29, 1.82) is 0 Å². The standard InChI is InChI=1S/C30H29N9O17S5.Cu/c40-26-23(32-29-33-28(34-30(41)35-29)31-18-7-4-8-19(13-18)57(42,43)12-11-56-61(53,54)55)15-21(59(47,48)49)16-24(26)37-39-27(17-5-2-1-3-6-17)38-36-22-14-20(58(44,45)46)9-10-25(22)60(50,51)52;/h1-10,13-16H,11-12H2,(H11,31,32,33,34,35,36,37,38,39,40,41,44,45,46,47,48,49,50,51,52,53,54,55);/q;+1/p-1. The molecule has 0 aliphatic rings. The summed E-state index contributed by atoms with van der Waals surface area (Å²) >= 11 is 0. The molecule has 4 aromatic carbocycles. The van der Waals surface area contributed by atoms with Crippen molar-refractivity contribution in [2.45, 2.75) is 19.6 Å². The van der Waals surface area contributed by atoms with Crippen molar-refractivity contribution in [3.63, 3.8) is 0 Å². The molecule has 0 bridgehead atoms. The molecule has 0 fully saturated rings. The van der Waals surface area contributed by atoms with Crippen LogP contribution in [0.3, 0.4) is 0 Å². The van der Waals surface area contributed by atoms with Crippen LogP contribution >= 0.6 is 10.9 Å². The second kappa shape index (κ2) is 19.3. The Bertz CT molecular complexity index is 3060. The fourth-order valence-electron chi connectivity index (χ4n) is 4.69. The SMILES string of the molecule is O=c1nc(Nc2cc(S(=O)(=O)O)cc(N=NC(=N[N-]c3cc(S(O)(O)O)ccc3S(=O)(=O)O)c3ccccc3)c2O)nc(Nc2cccc(S(=O)(=O)CCOS(=O)(=O)O)c2)[nH]1.[Cu+]. The number of H-pyrrole nitrogens is 1. The summed E-state index contributed by atoms with van der Waals surface area (Å²) in [6, 6.07) is 15.8. The van der Waals surface area contributed by atoms with Crippen LogP contribution in [0.1, 0.15) is 5.56 Å². The third-order valence-electron chi connectivity index (χ3n) is 7.36. The maximum Gasteiger partial charge on any atom is 1.00 e. The van der Waals surface area contributed by atoms with Crippen molar-refractivity contribution in [2.24, 2.45) is 15.3 Å². The van der Waals surface area contributed by atoms with E-state index in [0.29, 0.717) is 24.3 Å². The number of phenolic OH excluding ortho intramolecular Hbond substituents is 1. The van der Waals surface area contributed by atoms with Crippen LogP contribution in [0, 0.1) is 0 Å². The van der Waals surface area contributed by atoms with E-state index in [4.69, 9.17) is 4.55 Å². The van der Waals surface area contributed by atoms with Crippen LogP contribution in [-0.4, -0.2) is 99.2 Å². The number of phenols is 1. The van der Waals surface area contributed by atoms with Crippen LogP contribution in [0.4, 0.5) is 34.6 Å². The second-order valence-electron chi connectivity index (χ2n) is 11.7. The van der Waals surface area contributed by atoms with E-state index in [0.717, 1.165) is 18.2 Å². The maximum atomic E-state index is 12.7. The van der Waals surface area contributed by atoms with Gasteiger partial charge >= 0.3 is 33.2 Å². The number of sulfone groups is 1. The van der Waals surface area contributed by atoms with E-state index in [1.807, 2.05) is 0 Å². The number of hydrogen-bond acceptors (Lipinski definition) is 20. The number of aromatic hydroxyl groups is 1. The van der Waals surface area contributed by atoms with Crippen LogP contribution in [0.2, 0.25) is 0 Å². The molecule has 0 saturated carbocycles. The number of hydrogen-bond donors (Lipinski definition) is 10. The number of aromatic amines is 1. The summed E-state index contributed by atoms with van der Waals surface area (Å²) in [5.74, 6) is -3.25. The van der Waals surface area contributed by atoms with Crippen molar-refractivity contribution in [3.8, 4) is 5.75 Å². The average molecular weight is 1010 g/mol. The van der Waals surface area contributed by atoms with Gasteiger partial charge in [0, 0.05) is 11.3 Å². The van der Waals surface area contributed by atoms with Gasteiger partial charge in [-0.3, -0.25) is 18.6 Å². The first-order valence-electron chi connectivity index (χ1n) is 16.0. The van der Waals surface area contributed by atoms with Gasteiger partial charge in [-0.15, -0.1) is 10.2 Å². The predicted molar refractivity (Wildman–Crippen MR) is 214 cm³/mol. The Labute approximate surface area is 362 Å². The maximum absolute atomic E-state index is 12.7. The molecule has 0 spiro atoms. The Morgan fingerprint density at radius 2 is 1.45 bits per heavy atom. The van der Waals surface area contributed by atoms with Gasteiger partial charge in [0.25, 0.3) is 20.2 Å². The molecule has 1 aromatic heterocycles. The molecule has 0 unspecified atom stereocenters. The molecule has 0 aliphatic heterocycles. The molecular formula is C30H28CuN9O17S5. The Balaban J connectivity index is 0.00000845. The number of azo groups is 1. The van der Waals surface area contributed by atoms with E-state index in [9.17, 15) is 66.3 Å². The van der Waals surface area contributed by atoms with Gasteiger partial charge in [-0.25, -0.2) is 17.4 Å². The molecule has 5 aromatic rings. The number of benzene rings is 4. The molecule has 10 N–H and O–H groups in total. The topological polar surface area (TPSA) is 421 Å². The summed E-state index contributed by atoms with van der Waals surface area (Å²) in [6.07, 6.45) is 0. The smallest absolute Gasteiger partial charge is 0.573 e. The van der Waals surface area contributed by atoms with Crippen LogP contribution in [0.5, 0.6) is 5.75 Å². The zero-order chi connectivity index (χ0) is 45.0. The molecule has 5 rings (SSSR count). The van der Waals surface area contributed by atoms with Gasteiger partial charge < -0.3 is 39.9 Å². The fraction of sp³-hybridized carbons (Fsp3) is 0.0667. The van der Waals surface area contributed by atoms with E-state index < -0.39 is 125 Å². The molecule has 0 atom stereocenters. The number of nitrogens with zero attached hydrogens (tertiary/aromatic N) is 6. The minimum absolute atomic E-state index is 0. The van der Waals surface area contributed by atoms with Crippen molar-refractivity contribution >= 4 is 91.8 Å². The largest absolute Gasteiger partial charge is 1.00 e. The first-order valence-corrected chi connectivity index (χ1v) is 23.4. The summed E-state index contributed by atoms with van der Waals surface area (Å²) < 4.78 is 157. The van der Waals surface area contributed by atoms with E-state index in [-0.39, 0.29) is 33.2 Å². The molecule has 1 heterocycles. The van der Waals surface area contributed by atoms with Gasteiger partial charge in [0.15, 0.2) is 21.4 Å². The molecule has 62 heavy (non-hydrogen) atoms. The minimum atomic E-state index is -5.08. The summed E-state index contributed by atoms with van der Waals surface area (Å²) in [5, 5.41) is 27.7. The normalized spacial score (nSPS) is 13.0. The van der Waals surface area contributed by atoms with Crippen molar-refractivity contribution in [1.82, 2.24) is 15.0 Å². The van der Waals surface area contributed by atoms with Gasteiger partial charge in [0.1, 0.15) is 16.6 Å². The minimum Gasteiger partial charge on any atom is -0.573 e. The Kier molecular flexibility index (Phi) is 15.3. The molecule has 0 radical (unpaired) electrons. The van der Waals surface area contributed by atoms with Crippen LogP contribution in [0.25, 0.3) is 5.43 Å². The molecule has 32 heteroatoms. The van der Waals surface area contributed by atoms with Gasteiger partial charge in [-0.2, -0.15) is 35.2 Å². The summed E-state index contributed by atoms with van der Waals surface area (Å²) in [4.78, 5) is 19.6. The molecule has 0 aliphatic carbocycles. The van der Waals surface area contributed by atoms with Crippen molar-refractivity contribution < 1.29 is 87.3 Å². The number of anilines is 4. The van der Waals surface area contributed by atoms with Crippen LogP contribution in [0.15, 0.2) is 125 Å². The number of nitrogens with one attached hydrogen (secondary N) is 3. The first kappa shape index (κ1) is 49.2. The fourth-order valence-corrected chi connectivity index (χ4v) is 7.88. The van der Waals surface area contributed by atoms with Gasteiger partial charge in [0.05, 0.1) is 37.6 Å².